The minimum atomic E-state index is -0.277. The number of amidine groups is 1. The number of benzene rings is 2. The highest BCUT2D eigenvalue weighted by atomic mass is 32.2. The molecule has 0 saturated carbocycles. The summed E-state index contributed by atoms with van der Waals surface area (Å²) in [6, 6.07) is 17.8. The van der Waals surface area contributed by atoms with Crippen LogP contribution in [0, 0.1) is 0 Å². The van der Waals surface area contributed by atoms with Crippen molar-refractivity contribution in [1.82, 2.24) is 5.01 Å². The largest absolute Gasteiger partial charge is 0.325 e. The van der Waals surface area contributed by atoms with E-state index in [9.17, 15) is 4.79 Å². The minimum Gasteiger partial charge on any atom is -0.325 e. The fourth-order valence-corrected chi connectivity index (χ4v) is 3.86. The van der Waals surface area contributed by atoms with Gasteiger partial charge in [0.2, 0.25) is 5.91 Å². The second-order valence-electron chi connectivity index (χ2n) is 5.96. The number of rotatable bonds is 3. The van der Waals surface area contributed by atoms with Crippen LogP contribution >= 0.6 is 11.8 Å². The molecular weight excluding hydrogens is 332 g/mol. The molecule has 2 atom stereocenters. The van der Waals surface area contributed by atoms with Crippen molar-refractivity contribution >= 4 is 40.4 Å². The van der Waals surface area contributed by atoms with E-state index in [2.05, 4.69) is 16.5 Å². The number of aliphatic imine (C=N–C) groups is 1. The Labute approximate surface area is 150 Å². The average Bonchev–Trinajstić information content (AvgIpc) is 3.13. The molecular formula is C19H18N4OS. The lowest BCUT2D eigenvalue weighted by Crippen LogP contribution is -2.31. The second-order valence-corrected chi connectivity index (χ2v) is 7.27. The number of hydrogen-bond donors (Lipinski definition) is 1. The van der Waals surface area contributed by atoms with E-state index >= 15 is 0 Å². The third-order valence-electron chi connectivity index (χ3n) is 4.23. The summed E-state index contributed by atoms with van der Waals surface area (Å²) < 4.78 is 0. The lowest BCUT2D eigenvalue weighted by atomic mass is 10.0. The summed E-state index contributed by atoms with van der Waals surface area (Å²) in [6.45, 7) is 1.89. The van der Waals surface area contributed by atoms with Crippen LogP contribution in [0.5, 0.6) is 0 Å². The van der Waals surface area contributed by atoms with E-state index in [0.29, 0.717) is 0 Å². The van der Waals surface area contributed by atoms with E-state index in [1.807, 2.05) is 66.7 Å². The number of carbonyl (C=O) groups is 1. The van der Waals surface area contributed by atoms with Gasteiger partial charge in [-0.05, 0) is 25.1 Å². The maximum atomic E-state index is 12.5. The number of para-hydroxylation sites is 2. The summed E-state index contributed by atoms with van der Waals surface area (Å²) in [5, 5.41) is 9.82. The van der Waals surface area contributed by atoms with Crippen molar-refractivity contribution < 1.29 is 4.79 Å². The van der Waals surface area contributed by atoms with Crippen LogP contribution in [0.15, 0.2) is 64.7 Å². The smallest absolute Gasteiger partial charge is 0.237 e. The zero-order valence-electron chi connectivity index (χ0n) is 13.8. The van der Waals surface area contributed by atoms with Crippen molar-refractivity contribution in [2.24, 2.45) is 10.1 Å². The van der Waals surface area contributed by atoms with Crippen LogP contribution in [0.1, 0.15) is 24.9 Å². The first-order chi connectivity index (χ1) is 12.2. The van der Waals surface area contributed by atoms with Crippen molar-refractivity contribution in [1.29, 1.82) is 0 Å². The molecule has 2 aromatic rings. The highest BCUT2D eigenvalue weighted by Gasteiger charge is 2.34. The fraction of sp³-hybridized carbons (Fsp3) is 0.211. The zero-order chi connectivity index (χ0) is 17.2. The molecule has 0 radical (unpaired) electrons. The molecule has 2 aromatic carbocycles. The lowest BCUT2D eigenvalue weighted by molar-refractivity contribution is -0.115. The summed E-state index contributed by atoms with van der Waals surface area (Å²) in [4.78, 5) is 17.2. The van der Waals surface area contributed by atoms with Crippen LogP contribution in [-0.2, 0) is 4.79 Å². The maximum Gasteiger partial charge on any atom is 0.237 e. The Morgan fingerprint density at radius 3 is 2.80 bits per heavy atom. The van der Waals surface area contributed by atoms with Crippen LogP contribution in [0.25, 0.3) is 0 Å². The zero-order valence-corrected chi connectivity index (χ0v) is 14.6. The highest BCUT2D eigenvalue weighted by molar-refractivity contribution is 8.14. The molecule has 0 spiro atoms. The standard InChI is InChI=1S/C19H18N4OS/c1-13(18(24)21-14-7-3-2-4-8-14)25-19-22-16-10-6-5-9-15(16)17-11-12-20-23(17)19/h2-10,12-13,17H,11H2,1H3,(H,21,24)/t13-,17+/m1/s1. The van der Waals surface area contributed by atoms with Gasteiger partial charge in [0.25, 0.3) is 0 Å². The van der Waals surface area contributed by atoms with Gasteiger partial charge in [0.1, 0.15) is 0 Å². The molecule has 1 amide bonds. The normalized spacial score (nSPS) is 19.0. The van der Waals surface area contributed by atoms with Crippen molar-refractivity contribution in [3.63, 3.8) is 0 Å². The van der Waals surface area contributed by atoms with E-state index in [1.165, 1.54) is 17.3 Å². The predicted molar refractivity (Wildman–Crippen MR) is 103 cm³/mol. The molecule has 0 bridgehead atoms. The van der Waals surface area contributed by atoms with Crippen LogP contribution in [0.2, 0.25) is 0 Å². The second kappa shape index (κ2) is 6.72. The first kappa shape index (κ1) is 15.9. The van der Waals surface area contributed by atoms with Crippen molar-refractivity contribution in [2.75, 3.05) is 5.32 Å². The lowest BCUT2D eigenvalue weighted by Gasteiger charge is -2.30. The Bertz CT molecular complexity index is 850. The van der Waals surface area contributed by atoms with E-state index in [1.54, 1.807) is 0 Å². The quantitative estimate of drug-likeness (QED) is 0.903. The van der Waals surface area contributed by atoms with Gasteiger partial charge in [0.15, 0.2) is 5.17 Å². The Kier molecular flexibility index (Phi) is 4.28. The fourth-order valence-electron chi connectivity index (χ4n) is 2.94. The molecule has 0 unspecified atom stereocenters. The summed E-state index contributed by atoms with van der Waals surface area (Å²) in [5.74, 6) is -0.0440. The molecule has 0 aliphatic carbocycles. The van der Waals surface area contributed by atoms with Gasteiger partial charge in [-0.15, -0.1) is 0 Å². The number of nitrogens with zero attached hydrogens (tertiary/aromatic N) is 3. The van der Waals surface area contributed by atoms with Gasteiger partial charge < -0.3 is 5.32 Å². The summed E-state index contributed by atoms with van der Waals surface area (Å²) in [5.41, 5.74) is 2.95. The molecule has 0 aromatic heterocycles. The van der Waals surface area contributed by atoms with Gasteiger partial charge in [-0.25, -0.2) is 10.0 Å². The van der Waals surface area contributed by atoms with Crippen LogP contribution in [-0.4, -0.2) is 27.5 Å². The first-order valence-corrected chi connectivity index (χ1v) is 9.12. The Hall–Kier alpha value is -2.60. The molecule has 0 saturated heterocycles. The van der Waals surface area contributed by atoms with E-state index in [0.717, 1.165) is 23.0 Å². The van der Waals surface area contributed by atoms with Crippen LogP contribution in [0.4, 0.5) is 11.4 Å². The van der Waals surface area contributed by atoms with Gasteiger partial charge in [-0.2, -0.15) is 5.10 Å². The van der Waals surface area contributed by atoms with Gasteiger partial charge in [0, 0.05) is 23.9 Å². The molecule has 1 N–H and O–H groups in total. The summed E-state index contributed by atoms with van der Waals surface area (Å²) >= 11 is 1.44. The molecule has 2 aliphatic rings. The Morgan fingerprint density at radius 1 is 1.20 bits per heavy atom. The number of anilines is 1. The Morgan fingerprint density at radius 2 is 1.96 bits per heavy atom. The van der Waals surface area contributed by atoms with Crippen molar-refractivity contribution in [2.45, 2.75) is 24.6 Å². The van der Waals surface area contributed by atoms with Crippen LogP contribution in [0.3, 0.4) is 0 Å². The molecule has 4 rings (SSSR count). The number of hydrazone groups is 1. The van der Waals surface area contributed by atoms with Gasteiger partial charge in [-0.3, -0.25) is 4.79 Å². The number of hydrogen-bond acceptors (Lipinski definition) is 5. The molecule has 6 heteroatoms. The van der Waals surface area contributed by atoms with Crippen molar-refractivity contribution in [3.8, 4) is 0 Å². The number of thioether (sulfide) groups is 1. The highest BCUT2D eigenvalue weighted by Crippen LogP contribution is 2.41. The summed E-state index contributed by atoms with van der Waals surface area (Å²) in [7, 11) is 0. The van der Waals surface area contributed by atoms with Crippen molar-refractivity contribution in [3.05, 3.63) is 60.2 Å². The maximum absolute atomic E-state index is 12.5. The molecule has 2 aliphatic heterocycles. The van der Waals surface area contributed by atoms with Gasteiger partial charge in [-0.1, -0.05) is 48.2 Å². The predicted octanol–water partition coefficient (Wildman–Crippen LogP) is 4.18. The van der Waals surface area contributed by atoms with E-state index in [4.69, 9.17) is 4.99 Å². The topological polar surface area (TPSA) is 57.1 Å². The number of amides is 1. The third-order valence-corrected chi connectivity index (χ3v) is 5.29. The molecule has 0 fully saturated rings. The number of carbonyl (C=O) groups excluding carboxylic acids is 1. The SMILES string of the molecule is C[C@@H](SC1=Nc2ccccc2[C@@H]2CC=NN12)C(=O)Nc1ccccc1. The van der Waals surface area contributed by atoms with E-state index in [-0.39, 0.29) is 17.2 Å². The minimum absolute atomic E-state index is 0.0440. The van der Waals surface area contributed by atoms with Crippen LogP contribution < -0.4 is 5.32 Å². The number of fused-ring (bicyclic) bond motifs is 3. The molecule has 126 valence electrons. The monoisotopic (exact) mass is 350 g/mol. The third kappa shape index (κ3) is 3.17. The molecule has 2 heterocycles. The number of nitrogens with one attached hydrogen (secondary N) is 1. The Balaban J connectivity index is 1.52. The first-order valence-electron chi connectivity index (χ1n) is 8.24. The summed E-state index contributed by atoms with van der Waals surface area (Å²) in [6.07, 6.45) is 2.78. The molecule has 5 nitrogen and oxygen atoms in total. The van der Waals surface area contributed by atoms with Gasteiger partial charge >= 0.3 is 0 Å². The molecule has 25 heavy (non-hydrogen) atoms. The average molecular weight is 350 g/mol. The van der Waals surface area contributed by atoms with Gasteiger partial charge in [0.05, 0.1) is 17.0 Å². The van der Waals surface area contributed by atoms with E-state index < -0.39 is 0 Å².